The molecule has 8 heteroatoms. The summed E-state index contributed by atoms with van der Waals surface area (Å²) in [4.78, 5) is 16.8. The van der Waals surface area contributed by atoms with Crippen LogP contribution in [0.2, 0.25) is 0 Å². The lowest BCUT2D eigenvalue weighted by Gasteiger charge is -2.40. The number of morpholine rings is 1. The van der Waals surface area contributed by atoms with Crippen LogP contribution < -0.4 is 0 Å². The summed E-state index contributed by atoms with van der Waals surface area (Å²) in [6.45, 7) is 6.16. The zero-order valence-electron chi connectivity index (χ0n) is 13.4. The third-order valence-electron chi connectivity index (χ3n) is 4.62. The average molecular weight is 323 g/mol. The van der Waals surface area contributed by atoms with Gasteiger partial charge in [-0.2, -0.15) is 0 Å². The number of hydrogen-bond acceptors (Lipinski definition) is 6. The quantitative estimate of drug-likeness (QED) is 0.753. The minimum atomic E-state index is 0.0422. The Morgan fingerprint density at radius 2 is 2.04 bits per heavy atom. The Labute approximate surface area is 136 Å². The van der Waals surface area contributed by atoms with Crippen molar-refractivity contribution < 1.29 is 14.6 Å². The van der Waals surface area contributed by atoms with Crippen LogP contribution >= 0.6 is 0 Å². The molecule has 0 bridgehead atoms. The van der Waals surface area contributed by atoms with Crippen molar-refractivity contribution in [2.75, 3.05) is 52.5 Å². The van der Waals surface area contributed by atoms with Crippen molar-refractivity contribution in [1.29, 1.82) is 0 Å². The summed E-state index contributed by atoms with van der Waals surface area (Å²) in [5, 5.41) is 17.1. The number of rotatable bonds is 5. The highest BCUT2D eigenvalue weighted by atomic mass is 16.5. The van der Waals surface area contributed by atoms with Crippen molar-refractivity contribution in [2.24, 2.45) is 11.8 Å². The second-order valence-corrected chi connectivity index (χ2v) is 6.46. The van der Waals surface area contributed by atoms with Gasteiger partial charge in [0.05, 0.1) is 19.4 Å². The van der Waals surface area contributed by atoms with E-state index in [1.807, 2.05) is 4.90 Å². The molecule has 0 radical (unpaired) electrons. The van der Waals surface area contributed by atoms with Gasteiger partial charge in [0.15, 0.2) is 0 Å². The fourth-order valence-corrected chi connectivity index (χ4v) is 3.49. The van der Waals surface area contributed by atoms with E-state index in [4.69, 9.17) is 4.74 Å². The molecule has 2 atom stereocenters. The molecule has 0 aromatic carbocycles. The summed E-state index contributed by atoms with van der Waals surface area (Å²) < 4.78 is 6.93. The van der Waals surface area contributed by atoms with E-state index >= 15 is 0 Å². The normalized spacial score (nSPS) is 26.4. The number of amides is 1. The minimum Gasteiger partial charge on any atom is -0.396 e. The minimum absolute atomic E-state index is 0.0422. The molecule has 0 saturated carbocycles. The first-order chi connectivity index (χ1) is 11.2. The van der Waals surface area contributed by atoms with E-state index in [-0.39, 0.29) is 25.0 Å². The van der Waals surface area contributed by atoms with Crippen molar-refractivity contribution in [3.05, 3.63) is 12.4 Å². The van der Waals surface area contributed by atoms with Crippen molar-refractivity contribution >= 4 is 5.91 Å². The molecule has 1 aromatic heterocycles. The van der Waals surface area contributed by atoms with Gasteiger partial charge in [0.2, 0.25) is 5.91 Å². The summed E-state index contributed by atoms with van der Waals surface area (Å²) in [7, 11) is 0. The van der Waals surface area contributed by atoms with Gasteiger partial charge in [-0.3, -0.25) is 9.69 Å². The lowest BCUT2D eigenvalue weighted by atomic mass is 9.89. The van der Waals surface area contributed by atoms with Gasteiger partial charge < -0.3 is 14.7 Å². The first-order valence-corrected chi connectivity index (χ1v) is 8.27. The first-order valence-electron chi connectivity index (χ1n) is 8.27. The Hall–Kier alpha value is -1.51. The number of likely N-dealkylation sites (tertiary alicyclic amines) is 1. The zero-order chi connectivity index (χ0) is 16.1. The van der Waals surface area contributed by atoms with E-state index in [1.165, 1.54) is 0 Å². The third-order valence-corrected chi connectivity index (χ3v) is 4.62. The Bertz CT molecular complexity index is 489. The third kappa shape index (κ3) is 4.49. The molecule has 1 aromatic rings. The summed E-state index contributed by atoms with van der Waals surface area (Å²) in [5.74, 6) is 0.605. The summed E-state index contributed by atoms with van der Waals surface area (Å²) in [6, 6.07) is 0. The number of hydrogen-bond donors (Lipinski definition) is 1. The fraction of sp³-hybridized carbons (Fsp3) is 0.800. The van der Waals surface area contributed by atoms with Gasteiger partial charge >= 0.3 is 0 Å². The van der Waals surface area contributed by atoms with E-state index in [0.29, 0.717) is 12.5 Å². The van der Waals surface area contributed by atoms with Gasteiger partial charge in [-0.1, -0.05) is 5.21 Å². The molecule has 2 aliphatic heterocycles. The molecule has 3 rings (SSSR count). The Balaban J connectivity index is 1.57. The smallest absolute Gasteiger partial charge is 0.244 e. The Morgan fingerprint density at radius 1 is 1.26 bits per heavy atom. The highest BCUT2D eigenvalue weighted by Gasteiger charge is 2.31. The monoisotopic (exact) mass is 323 g/mol. The number of ether oxygens (including phenoxy) is 1. The van der Waals surface area contributed by atoms with Gasteiger partial charge in [-0.15, -0.1) is 5.10 Å². The van der Waals surface area contributed by atoms with Crippen LogP contribution in [0.25, 0.3) is 0 Å². The van der Waals surface area contributed by atoms with Crippen LogP contribution in [0, 0.1) is 11.8 Å². The zero-order valence-corrected chi connectivity index (χ0v) is 13.4. The predicted octanol–water partition coefficient (Wildman–Crippen LogP) is -0.933. The van der Waals surface area contributed by atoms with Crippen LogP contribution in [0.1, 0.15) is 6.42 Å². The van der Waals surface area contributed by atoms with Crippen LogP contribution in [-0.2, 0) is 16.1 Å². The number of piperidine rings is 1. The van der Waals surface area contributed by atoms with Crippen molar-refractivity contribution in [1.82, 2.24) is 24.8 Å². The summed E-state index contributed by atoms with van der Waals surface area (Å²) >= 11 is 0. The summed E-state index contributed by atoms with van der Waals surface area (Å²) in [6.07, 6.45) is 4.23. The first kappa shape index (κ1) is 16.4. The molecule has 23 heavy (non-hydrogen) atoms. The largest absolute Gasteiger partial charge is 0.396 e. The fourth-order valence-electron chi connectivity index (χ4n) is 3.49. The number of nitrogens with zero attached hydrogens (tertiary/aromatic N) is 5. The van der Waals surface area contributed by atoms with Crippen LogP contribution in [0.5, 0.6) is 0 Å². The van der Waals surface area contributed by atoms with Crippen LogP contribution in [0.15, 0.2) is 12.4 Å². The van der Waals surface area contributed by atoms with Crippen LogP contribution in [0.3, 0.4) is 0 Å². The van der Waals surface area contributed by atoms with Crippen molar-refractivity contribution in [3.8, 4) is 0 Å². The van der Waals surface area contributed by atoms with E-state index in [9.17, 15) is 9.90 Å². The second-order valence-electron chi connectivity index (χ2n) is 6.46. The number of carbonyl (C=O) groups is 1. The van der Waals surface area contributed by atoms with Crippen LogP contribution in [0.4, 0.5) is 0 Å². The van der Waals surface area contributed by atoms with E-state index in [0.717, 1.165) is 45.8 Å². The maximum atomic E-state index is 12.5. The molecule has 1 amide bonds. The molecule has 2 fully saturated rings. The number of aliphatic hydroxyl groups is 1. The lowest BCUT2D eigenvalue weighted by molar-refractivity contribution is -0.135. The Morgan fingerprint density at radius 3 is 2.74 bits per heavy atom. The van der Waals surface area contributed by atoms with Crippen molar-refractivity contribution in [3.63, 3.8) is 0 Å². The van der Waals surface area contributed by atoms with Gasteiger partial charge in [0.25, 0.3) is 0 Å². The van der Waals surface area contributed by atoms with Gasteiger partial charge in [0.1, 0.15) is 6.54 Å². The molecule has 2 aliphatic rings. The Kier molecular flexibility index (Phi) is 5.58. The van der Waals surface area contributed by atoms with E-state index in [2.05, 4.69) is 15.2 Å². The molecule has 1 N–H and O–H groups in total. The van der Waals surface area contributed by atoms with E-state index in [1.54, 1.807) is 17.1 Å². The number of aromatic nitrogens is 3. The van der Waals surface area contributed by atoms with E-state index < -0.39 is 0 Å². The van der Waals surface area contributed by atoms with Gasteiger partial charge in [0, 0.05) is 45.5 Å². The topological polar surface area (TPSA) is 83.7 Å². The molecular formula is C15H25N5O3. The predicted molar refractivity (Wildman–Crippen MR) is 82.5 cm³/mol. The molecule has 3 heterocycles. The maximum Gasteiger partial charge on any atom is 0.244 e. The maximum absolute atomic E-state index is 12.5. The average Bonchev–Trinajstić information content (AvgIpc) is 3.08. The van der Waals surface area contributed by atoms with Crippen LogP contribution in [-0.4, -0.2) is 88.4 Å². The van der Waals surface area contributed by atoms with Crippen molar-refractivity contribution in [2.45, 2.75) is 13.0 Å². The molecule has 128 valence electrons. The molecule has 0 unspecified atom stereocenters. The molecule has 8 nitrogen and oxygen atoms in total. The lowest BCUT2D eigenvalue weighted by Crippen LogP contribution is -2.50. The standard InChI is InChI=1S/C15H25N5O3/c21-12-14-7-13(8-18-3-5-23-6-4-18)9-19(10-14)15(22)11-20-2-1-16-17-20/h1-2,13-14,21H,3-12H2/t13-,14-/m1/s1. The highest BCUT2D eigenvalue weighted by molar-refractivity contribution is 5.76. The second kappa shape index (κ2) is 7.85. The molecule has 2 saturated heterocycles. The number of aliphatic hydroxyl groups excluding tert-OH is 1. The van der Waals surface area contributed by atoms with Gasteiger partial charge in [-0.25, -0.2) is 4.68 Å². The highest BCUT2D eigenvalue weighted by Crippen LogP contribution is 2.23. The summed E-state index contributed by atoms with van der Waals surface area (Å²) in [5.41, 5.74) is 0. The molecular weight excluding hydrogens is 298 g/mol. The molecule has 0 aliphatic carbocycles. The SMILES string of the molecule is O=C(Cn1ccnn1)N1C[C@H](CO)C[C@H](CN2CCOCC2)C1. The van der Waals surface area contributed by atoms with Gasteiger partial charge in [-0.05, 0) is 18.3 Å². The molecule has 0 spiro atoms. The number of carbonyl (C=O) groups excluding carboxylic acids is 1.